The number of rotatable bonds is 7. The van der Waals surface area contributed by atoms with E-state index in [0.717, 1.165) is 10.7 Å². The van der Waals surface area contributed by atoms with Crippen LogP contribution in [0.5, 0.6) is 17.2 Å². The van der Waals surface area contributed by atoms with Crippen molar-refractivity contribution in [1.29, 1.82) is 0 Å². The van der Waals surface area contributed by atoms with Crippen molar-refractivity contribution in [2.75, 3.05) is 21.3 Å². The molecule has 0 bridgehead atoms. The third kappa shape index (κ3) is 4.45. The molecule has 1 N–H and O–H groups in total. The van der Waals surface area contributed by atoms with E-state index < -0.39 is 0 Å². The Morgan fingerprint density at radius 1 is 1.21 bits per heavy atom. The number of thiazole rings is 1. The van der Waals surface area contributed by atoms with Gasteiger partial charge in [-0.05, 0) is 13.0 Å². The lowest BCUT2D eigenvalue weighted by Crippen LogP contribution is -2.20. The summed E-state index contributed by atoms with van der Waals surface area (Å²) in [6.07, 6.45) is 1.68. The zero-order valence-corrected chi connectivity index (χ0v) is 14.8. The topological polar surface area (TPSA) is 82.0 Å². The molecule has 0 unspecified atom stereocenters. The summed E-state index contributed by atoms with van der Waals surface area (Å²) >= 11 is 1.51. The van der Waals surface area contributed by atoms with Crippen LogP contribution in [0.2, 0.25) is 0 Å². The summed E-state index contributed by atoms with van der Waals surface area (Å²) in [6.45, 7) is 1.90. The van der Waals surface area contributed by atoms with Gasteiger partial charge in [0.1, 0.15) is 5.75 Å². The molecule has 7 nitrogen and oxygen atoms in total. The summed E-state index contributed by atoms with van der Waals surface area (Å²) in [5.41, 5.74) is 3.86. The fourth-order valence-electron chi connectivity index (χ4n) is 2.02. The van der Waals surface area contributed by atoms with Crippen molar-refractivity contribution in [3.8, 4) is 17.2 Å². The molecule has 2 rings (SSSR count). The van der Waals surface area contributed by atoms with Crippen LogP contribution in [0.1, 0.15) is 16.3 Å². The van der Waals surface area contributed by atoms with Gasteiger partial charge in [-0.3, -0.25) is 4.79 Å². The number of hydrazone groups is 1. The van der Waals surface area contributed by atoms with Crippen LogP contribution in [0.25, 0.3) is 0 Å². The fraction of sp³-hybridized carbons (Fsp3) is 0.312. The number of aryl methyl sites for hydroxylation is 1. The first-order valence-electron chi connectivity index (χ1n) is 7.10. The van der Waals surface area contributed by atoms with E-state index in [1.807, 2.05) is 12.3 Å². The van der Waals surface area contributed by atoms with Crippen molar-refractivity contribution in [2.45, 2.75) is 13.3 Å². The van der Waals surface area contributed by atoms with Crippen molar-refractivity contribution in [1.82, 2.24) is 10.4 Å². The Morgan fingerprint density at radius 2 is 1.88 bits per heavy atom. The molecule has 0 aliphatic heterocycles. The molecule has 0 radical (unpaired) electrons. The molecule has 24 heavy (non-hydrogen) atoms. The van der Waals surface area contributed by atoms with E-state index >= 15 is 0 Å². The first-order valence-corrected chi connectivity index (χ1v) is 7.98. The SMILES string of the molecule is COc1cc(OC)c(OC)cc1/C=N\NC(=O)Cc1csc(C)n1. The molecule has 128 valence electrons. The standard InChI is InChI=1S/C16H19N3O4S/c1-10-18-12(9-24-10)6-16(20)19-17-8-11-5-14(22-3)15(23-4)7-13(11)21-2/h5,7-9H,6H2,1-4H3,(H,19,20)/b17-8-. The number of amides is 1. The van der Waals surface area contributed by atoms with Gasteiger partial charge >= 0.3 is 0 Å². The zero-order chi connectivity index (χ0) is 17.5. The number of nitrogens with zero attached hydrogens (tertiary/aromatic N) is 2. The normalized spacial score (nSPS) is 10.7. The molecule has 0 spiro atoms. The second-order valence-corrected chi connectivity index (χ2v) is 5.84. The fourth-order valence-corrected chi connectivity index (χ4v) is 2.63. The maximum atomic E-state index is 11.9. The number of carbonyl (C=O) groups excluding carboxylic acids is 1. The van der Waals surface area contributed by atoms with Gasteiger partial charge in [0.15, 0.2) is 11.5 Å². The zero-order valence-electron chi connectivity index (χ0n) is 14.0. The van der Waals surface area contributed by atoms with Gasteiger partial charge in [-0.2, -0.15) is 5.10 Å². The summed E-state index contributed by atoms with van der Waals surface area (Å²) in [4.78, 5) is 16.1. The van der Waals surface area contributed by atoms with E-state index in [1.165, 1.54) is 17.6 Å². The van der Waals surface area contributed by atoms with Crippen LogP contribution in [0.3, 0.4) is 0 Å². The lowest BCUT2D eigenvalue weighted by molar-refractivity contribution is -0.120. The largest absolute Gasteiger partial charge is 0.496 e. The highest BCUT2D eigenvalue weighted by Crippen LogP contribution is 2.33. The van der Waals surface area contributed by atoms with Crippen LogP contribution < -0.4 is 19.6 Å². The molecule has 2 aromatic rings. The number of nitrogens with one attached hydrogen (secondary N) is 1. The van der Waals surface area contributed by atoms with Crippen LogP contribution in [-0.2, 0) is 11.2 Å². The molecular weight excluding hydrogens is 330 g/mol. The van der Waals surface area contributed by atoms with Gasteiger partial charge in [0.25, 0.3) is 0 Å². The minimum Gasteiger partial charge on any atom is -0.496 e. The summed E-state index contributed by atoms with van der Waals surface area (Å²) in [5.74, 6) is 1.41. The first kappa shape index (κ1) is 17.7. The second-order valence-electron chi connectivity index (χ2n) is 4.78. The number of hydrogen-bond acceptors (Lipinski definition) is 7. The Balaban J connectivity index is 2.06. The van der Waals surface area contributed by atoms with Gasteiger partial charge in [0, 0.05) is 17.0 Å². The van der Waals surface area contributed by atoms with E-state index in [0.29, 0.717) is 22.8 Å². The molecule has 1 aromatic carbocycles. The molecular formula is C16H19N3O4S. The Kier molecular flexibility index (Phi) is 6.14. The molecule has 0 aliphatic rings. The number of hydrogen-bond donors (Lipinski definition) is 1. The summed E-state index contributed by atoms with van der Waals surface area (Å²) in [6, 6.07) is 3.41. The maximum absolute atomic E-state index is 11.9. The van der Waals surface area contributed by atoms with Crippen LogP contribution >= 0.6 is 11.3 Å². The minimum atomic E-state index is -0.240. The predicted molar refractivity (Wildman–Crippen MR) is 92.4 cm³/mol. The summed E-state index contributed by atoms with van der Waals surface area (Å²) < 4.78 is 15.8. The molecule has 1 amide bonds. The van der Waals surface area contributed by atoms with E-state index in [2.05, 4.69) is 15.5 Å². The van der Waals surface area contributed by atoms with Crippen LogP contribution in [0.4, 0.5) is 0 Å². The van der Waals surface area contributed by atoms with Gasteiger partial charge in [-0.1, -0.05) is 0 Å². The van der Waals surface area contributed by atoms with Gasteiger partial charge in [-0.15, -0.1) is 11.3 Å². The minimum absolute atomic E-state index is 0.185. The number of methoxy groups -OCH3 is 3. The third-order valence-electron chi connectivity index (χ3n) is 3.14. The number of aromatic nitrogens is 1. The summed E-state index contributed by atoms with van der Waals surface area (Å²) in [7, 11) is 4.64. The molecule has 8 heteroatoms. The van der Waals surface area contributed by atoms with Crippen molar-refractivity contribution in [3.05, 3.63) is 33.8 Å². The van der Waals surface area contributed by atoms with E-state index in [1.54, 1.807) is 33.5 Å². The third-order valence-corrected chi connectivity index (χ3v) is 3.96. The Morgan fingerprint density at radius 3 is 2.46 bits per heavy atom. The average molecular weight is 349 g/mol. The molecule has 0 saturated heterocycles. The van der Waals surface area contributed by atoms with Gasteiger partial charge in [0.05, 0.1) is 44.7 Å². The van der Waals surface area contributed by atoms with Crippen LogP contribution in [0, 0.1) is 6.92 Å². The Labute approximate surface area is 144 Å². The van der Waals surface area contributed by atoms with Gasteiger partial charge < -0.3 is 14.2 Å². The lowest BCUT2D eigenvalue weighted by atomic mass is 10.2. The lowest BCUT2D eigenvalue weighted by Gasteiger charge is -2.11. The van der Waals surface area contributed by atoms with E-state index in [-0.39, 0.29) is 12.3 Å². The molecule has 0 aliphatic carbocycles. The molecule has 1 aromatic heterocycles. The average Bonchev–Trinajstić information content (AvgIpc) is 2.98. The van der Waals surface area contributed by atoms with Crippen LogP contribution in [0.15, 0.2) is 22.6 Å². The quantitative estimate of drug-likeness (QED) is 0.612. The highest BCUT2D eigenvalue weighted by molar-refractivity contribution is 7.09. The predicted octanol–water partition coefficient (Wildman–Crippen LogP) is 2.17. The smallest absolute Gasteiger partial charge is 0.246 e. The van der Waals surface area contributed by atoms with Crippen molar-refractivity contribution in [3.63, 3.8) is 0 Å². The van der Waals surface area contributed by atoms with Gasteiger partial charge in [-0.25, -0.2) is 10.4 Å². The number of ether oxygens (including phenoxy) is 3. The van der Waals surface area contributed by atoms with Crippen molar-refractivity contribution < 1.29 is 19.0 Å². The van der Waals surface area contributed by atoms with Crippen LogP contribution in [-0.4, -0.2) is 38.4 Å². The number of carbonyl (C=O) groups is 1. The van der Waals surface area contributed by atoms with Gasteiger partial charge in [0.2, 0.25) is 5.91 Å². The van der Waals surface area contributed by atoms with Crippen molar-refractivity contribution in [2.24, 2.45) is 5.10 Å². The number of benzene rings is 1. The van der Waals surface area contributed by atoms with Crippen molar-refractivity contribution >= 4 is 23.5 Å². The summed E-state index contributed by atoms with van der Waals surface area (Å²) in [5, 5.41) is 6.74. The molecule has 0 atom stereocenters. The van der Waals surface area contributed by atoms with E-state index in [4.69, 9.17) is 14.2 Å². The second kappa shape index (κ2) is 8.30. The highest BCUT2D eigenvalue weighted by atomic mass is 32.1. The maximum Gasteiger partial charge on any atom is 0.246 e. The first-order chi connectivity index (χ1) is 11.6. The van der Waals surface area contributed by atoms with E-state index in [9.17, 15) is 4.79 Å². The monoisotopic (exact) mass is 349 g/mol. The highest BCUT2D eigenvalue weighted by Gasteiger charge is 2.11. The molecule has 0 fully saturated rings. The molecule has 1 heterocycles. The molecule has 0 saturated carbocycles. The Bertz CT molecular complexity index is 743. The Hall–Kier alpha value is -2.61.